The van der Waals surface area contributed by atoms with Crippen molar-refractivity contribution in [3.05, 3.63) is 101 Å². The minimum absolute atomic E-state index is 0.151. The predicted octanol–water partition coefficient (Wildman–Crippen LogP) is 5.53. The van der Waals surface area contributed by atoms with E-state index in [-0.39, 0.29) is 12.1 Å². The van der Waals surface area contributed by atoms with E-state index in [1.807, 2.05) is 61.5 Å². The Bertz CT molecular complexity index is 1060. The Balaban J connectivity index is 1.45. The molecule has 1 aliphatic rings. The molecule has 0 bridgehead atoms. The van der Waals surface area contributed by atoms with Crippen molar-refractivity contribution in [1.29, 1.82) is 0 Å². The van der Waals surface area contributed by atoms with Gasteiger partial charge in [0, 0.05) is 18.7 Å². The number of benzene rings is 3. The average Bonchev–Trinajstić information content (AvgIpc) is 3.23. The van der Waals surface area contributed by atoms with Gasteiger partial charge in [0.2, 0.25) is 0 Å². The highest BCUT2D eigenvalue weighted by Gasteiger charge is 2.27. The number of carbonyl (C=O) groups is 1. The molecule has 1 unspecified atom stereocenters. The van der Waals surface area contributed by atoms with E-state index in [1.165, 1.54) is 5.56 Å². The molecule has 3 aromatic carbocycles. The third-order valence-electron chi connectivity index (χ3n) is 5.31. The molecule has 5 heteroatoms. The van der Waals surface area contributed by atoms with E-state index >= 15 is 0 Å². The molecule has 0 aromatic heterocycles. The van der Waals surface area contributed by atoms with Crippen LogP contribution in [0.15, 0.2) is 84.0 Å². The molecule has 2 amide bonds. The number of hydrogen-bond acceptors (Lipinski definition) is 3. The summed E-state index contributed by atoms with van der Waals surface area (Å²) in [4.78, 5) is 20.6. The average molecular weight is 414 g/mol. The molecule has 0 spiro atoms. The Labute approximate surface area is 183 Å². The first-order valence-corrected chi connectivity index (χ1v) is 10.5. The molecular formula is C26H27N3O2. The standard InChI is InChI=1S/C26H27N3O2/c1-19-11-13-22(14-12-19)25-16-24(31-28-25)18-29(17-21-8-4-3-5-9-21)26(30)27-23-10-6-7-20(2)15-23/h3-15,24H,16-18H2,1-2H3,(H,27,30). The van der Waals surface area contributed by atoms with Crippen LogP contribution in [0.5, 0.6) is 0 Å². The van der Waals surface area contributed by atoms with Crippen molar-refractivity contribution in [3.63, 3.8) is 0 Å². The molecule has 0 radical (unpaired) electrons. The fourth-order valence-corrected chi connectivity index (χ4v) is 3.64. The van der Waals surface area contributed by atoms with Crippen LogP contribution in [0, 0.1) is 13.8 Å². The van der Waals surface area contributed by atoms with Crippen LogP contribution >= 0.6 is 0 Å². The number of oxime groups is 1. The van der Waals surface area contributed by atoms with Crippen LogP contribution in [-0.2, 0) is 11.4 Å². The van der Waals surface area contributed by atoms with Crippen molar-refractivity contribution in [2.75, 3.05) is 11.9 Å². The third-order valence-corrected chi connectivity index (χ3v) is 5.31. The molecule has 1 N–H and O–H groups in total. The van der Waals surface area contributed by atoms with E-state index in [9.17, 15) is 4.79 Å². The molecule has 4 rings (SSSR count). The molecular weight excluding hydrogens is 386 g/mol. The molecule has 0 saturated heterocycles. The monoisotopic (exact) mass is 413 g/mol. The van der Waals surface area contributed by atoms with Gasteiger partial charge < -0.3 is 15.1 Å². The molecule has 158 valence electrons. The first-order chi connectivity index (χ1) is 15.1. The summed E-state index contributed by atoms with van der Waals surface area (Å²) in [6, 6.07) is 25.9. The number of nitrogens with zero attached hydrogens (tertiary/aromatic N) is 2. The molecule has 1 heterocycles. The second-order valence-electron chi connectivity index (χ2n) is 8.00. The van der Waals surface area contributed by atoms with Gasteiger partial charge in [-0.3, -0.25) is 0 Å². The number of carbonyl (C=O) groups excluding carboxylic acids is 1. The zero-order chi connectivity index (χ0) is 21.6. The Hall–Kier alpha value is -3.60. The van der Waals surface area contributed by atoms with Crippen molar-refractivity contribution in [1.82, 2.24) is 4.90 Å². The fraction of sp³-hybridized carbons (Fsp3) is 0.231. The largest absolute Gasteiger partial charge is 0.390 e. The predicted molar refractivity (Wildman–Crippen MR) is 124 cm³/mol. The van der Waals surface area contributed by atoms with Gasteiger partial charge in [-0.2, -0.15) is 0 Å². The van der Waals surface area contributed by atoms with E-state index in [1.54, 1.807) is 4.90 Å². The number of rotatable bonds is 6. The highest BCUT2D eigenvalue weighted by Crippen LogP contribution is 2.20. The quantitative estimate of drug-likeness (QED) is 0.578. The lowest BCUT2D eigenvalue weighted by atomic mass is 10.0. The van der Waals surface area contributed by atoms with Gasteiger partial charge in [-0.1, -0.05) is 77.4 Å². The van der Waals surface area contributed by atoms with Crippen LogP contribution < -0.4 is 5.32 Å². The summed E-state index contributed by atoms with van der Waals surface area (Å²) in [7, 11) is 0. The second-order valence-corrected chi connectivity index (χ2v) is 8.00. The Morgan fingerprint density at radius 3 is 2.52 bits per heavy atom. The first kappa shape index (κ1) is 20.7. The molecule has 0 saturated carbocycles. The minimum Gasteiger partial charge on any atom is -0.390 e. The summed E-state index contributed by atoms with van der Waals surface area (Å²) in [5, 5.41) is 7.31. The van der Waals surface area contributed by atoms with Gasteiger partial charge >= 0.3 is 6.03 Å². The molecule has 1 atom stereocenters. The number of amides is 2. The first-order valence-electron chi connectivity index (χ1n) is 10.5. The Kier molecular flexibility index (Phi) is 6.32. The van der Waals surface area contributed by atoms with Crippen LogP contribution in [0.25, 0.3) is 0 Å². The summed E-state index contributed by atoms with van der Waals surface area (Å²) in [5.41, 5.74) is 6.14. The van der Waals surface area contributed by atoms with Gasteiger partial charge in [0.1, 0.15) is 0 Å². The summed E-state index contributed by atoms with van der Waals surface area (Å²) in [6.45, 7) is 5.02. The van der Waals surface area contributed by atoms with Gasteiger partial charge in [-0.05, 0) is 42.7 Å². The van der Waals surface area contributed by atoms with Gasteiger partial charge in [0.15, 0.2) is 6.10 Å². The van der Waals surface area contributed by atoms with Crippen molar-refractivity contribution < 1.29 is 9.63 Å². The molecule has 0 fully saturated rings. The van der Waals surface area contributed by atoms with E-state index < -0.39 is 0 Å². The van der Waals surface area contributed by atoms with Crippen molar-refractivity contribution in [2.45, 2.75) is 32.9 Å². The van der Waals surface area contributed by atoms with Crippen LogP contribution in [0.1, 0.15) is 28.7 Å². The van der Waals surface area contributed by atoms with Crippen LogP contribution in [0.2, 0.25) is 0 Å². The number of anilines is 1. The van der Waals surface area contributed by atoms with Crippen LogP contribution in [0.4, 0.5) is 10.5 Å². The maximum Gasteiger partial charge on any atom is 0.322 e. The van der Waals surface area contributed by atoms with Crippen LogP contribution in [-0.4, -0.2) is 29.3 Å². The van der Waals surface area contributed by atoms with Gasteiger partial charge in [-0.15, -0.1) is 0 Å². The number of hydrogen-bond donors (Lipinski definition) is 1. The Morgan fingerprint density at radius 1 is 1.00 bits per heavy atom. The highest BCUT2D eigenvalue weighted by atomic mass is 16.6. The van der Waals surface area contributed by atoms with Crippen molar-refractivity contribution in [2.24, 2.45) is 5.16 Å². The number of nitrogens with one attached hydrogen (secondary N) is 1. The molecule has 31 heavy (non-hydrogen) atoms. The fourth-order valence-electron chi connectivity index (χ4n) is 3.64. The van der Waals surface area contributed by atoms with E-state index in [0.29, 0.717) is 19.5 Å². The van der Waals surface area contributed by atoms with Crippen molar-refractivity contribution >= 4 is 17.4 Å². The van der Waals surface area contributed by atoms with Gasteiger partial charge in [-0.25, -0.2) is 4.79 Å². The maximum atomic E-state index is 13.1. The zero-order valence-corrected chi connectivity index (χ0v) is 17.9. The van der Waals surface area contributed by atoms with Gasteiger partial charge in [0.25, 0.3) is 0 Å². The number of aryl methyl sites for hydroxylation is 2. The normalized spacial score (nSPS) is 15.2. The topological polar surface area (TPSA) is 53.9 Å². The lowest BCUT2D eigenvalue weighted by molar-refractivity contribution is 0.0608. The lowest BCUT2D eigenvalue weighted by Gasteiger charge is -2.25. The Morgan fingerprint density at radius 2 is 1.77 bits per heavy atom. The second kappa shape index (κ2) is 9.47. The summed E-state index contributed by atoms with van der Waals surface area (Å²) in [6.07, 6.45) is 0.495. The van der Waals surface area contributed by atoms with Gasteiger partial charge in [0.05, 0.1) is 12.3 Å². The smallest absolute Gasteiger partial charge is 0.322 e. The minimum atomic E-state index is -0.178. The molecule has 1 aliphatic heterocycles. The van der Waals surface area contributed by atoms with Crippen molar-refractivity contribution in [3.8, 4) is 0 Å². The summed E-state index contributed by atoms with van der Waals surface area (Å²) < 4.78 is 0. The summed E-state index contributed by atoms with van der Waals surface area (Å²) in [5.74, 6) is 0. The maximum absolute atomic E-state index is 13.1. The lowest BCUT2D eigenvalue weighted by Crippen LogP contribution is -2.40. The molecule has 5 nitrogen and oxygen atoms in total. The SMILES string of the molecule is Cc1ccc(C2=NOC(CN(Cc3ccccc3)C(=O)Nc3cccc(C)c3)C2)cc1. The molecule has 0 aliphatic carbocycles. The van der Waals surface area contributed by atoms with E-state index in [4.69, 9.17) is 4.84 Å². The highest BCUT2D eigenvalue weighted by molar-refractivity contribution is 6.01. The number of urea groups is 1. The molecule has 3 aromatic rings. The van der Waals surface area contributed by atoms with Crippen LogP contribution in [0.3, 0.4) is 0 Å². The van der Waals surface area contributed by atoms with E-state index in [0.717, 1.165) is 28.1 Å². The zero-order valence-electron chi connectivity index (χ0n) is 17.9. The van der Waals surface area contributed by atoms with E-state index in [2.05, 4.69) is 41.7 Å². The third kappa shape index (κ3) is 5.51. The summed E-state index contributed by atoms with van der Waals surface area (Å²) >= 11 is 0.